The smallest absolute Gasteiger partial charge is 0.191 e. The van der Waals surface area contributed by atoms with Gasteiger partial charge in [0.15, 0.2) is 5.96 Å². The Morgan fingerprint density at radius 1 is 1.33 bits per heavy atom. The number of rotatable bonds is 5. The summed E-state index contributed by atoms with van der Waals surface area (Å²) < 4.78 is 5.82. The lowest BCUT2D eigenvalue weighted by Gasteiger charge is -2.36. The first-order chi connectivity index (χ1) is 11.2. The van der Waals surface area contributed by atoms with E-state index in [0.29, 0.717) is 16.8 Å². The van der Waals surface area contributed by atoms with E-state index in [1.165, 1.54) is 19.3 Å². The number of guanidine groups is 1. The van der Waals surface area contributed by atoms with Crippen molar-refractivity contribution in [2.24, 2.45) is 4.99 Å². The number of nitrogens with zero attached hydrogens (tertiary/aromatic N) is 2. The number of nitrogens with one attached hydrogen (secondary N) is 2. The first kappa shape index (κ1) is 20.6. The molecular weight excluding hydrogens is 435 g/mol. The molecule has 2 N–H and O–H groups in total. The maximum atomic E-state index is 5.53. The maximum Gasteiger partial charge on any atom is 0.191 e. The Morgan fingerprint density at radius 2 is 2.04 bits per heavy atom. The highest BCUT2D eigenvalue weighted by Crippen LogP contribution is 2.34. The van der Waals surface area contributed by atoms with Gasteiger partial charge in [-0.05, 0) is 45.3 Å². The van der Waals surface area contributed by atoms with Crippen molar-refractivity contribution in [3.63, 3.8) is 0 Å². The summed E-state index contributed by atoms with van der Waals surface area (Å²) in [7, 11) is 1.88. The summed E-state index contributed by atoms with van der Waals surface area (Å²) in [6.45, 7) is 6.25. The van der Waals surface area contributed by atoms with Crippen LogP contribution in [0.25, 0.3) is 0 Å². The van der Waals surface area contributed by atoms with E-state index < -0.39 is 0 Å². The fourth-order valence-electron chi connectivity index (χ4n) is 3.91. The van der Waals surface area contributed by atoms with Crippen molar-refractivity contribution < 1.29 is 4.74 Å². The Labute approximate surface area is 168 Å². The second-order valence-corrected chi connectivity index (χ2v) is 8.55. The van der Waals surface area contributed by atoms with Crippen LogP contribution >= 0.6 is 35.7 Å². The molecule has 0 aromatic carbocycles. The average molecular weight is 468 g/mol. The van der Waals surface area contributed by atoms with Crippen molar-refractivity contribution in [3.8, 4) is 0 Å². The number of aliphatic imine (C=N–C) groups is 1. The third kappa shape index (κ3) is 5.14. The van der Waals surface area contributed by atoms with E-state index in [2.05, 4.69) is 33.7 Å². The van der Waals surface area contributed by atoms with E-state index in [1.807, 2.05) is 18.8 Å². The molecule has 2 aliphatic heterocycles. The molecule has 2 saturated heterocycles. The van der Waals surface area contributed by atoms with E-state index in [9.17, 15) is 0 Å². The van der Waals surface area contributed by atoms with Crippen LogP contribution in [0.1, 0.15) is 39.0 Å². The van der Waals surface area contributed by atoms with Gasteiger partial charge in [-0.15, -0.1) is 24.0 Å². The van der Waals surface area contributed by atoms with E-state index in [0.717, 1.165) is 51.1 Å². The highest BCUT2D eigenvalue weighted by Gasteiger charge is 2.39. The minimum atomic E-state index is 0. The van der Waals surface area contributed by atoms with Gasteiger partial charge in [0.25, 0.3) is 0 Å². The van der Waals surface area contributed by atoms with Crippen molar-refractivity contribution in [1.29, 1.82) is 0 Å². The van der Waals surface area contributed by atoms with Crippen molar-refractivity contribution >= 4 is 41.7 Å². The third-order valence-corrected chi connectivity index (χ3v) is 7.04. The van der Waals surface area contributed by atoms with E-state index in [-0.39, 0.29) is 24.0 Å². The Bertz CT molecular complexity index is 427. The molecule has 0 spiro atoms. The molecule has 2 unspecified atom stereocenters. The molecule has 3 fully saturated rings. The fraction of sp³-hybridized carbons (Fsp3) is 0.941. The summed E-state index contributed by atoms with van der Waals surface area (Å²) in [5, 5.41) is 7.22. The molecule has 2 heterocycles. The van der Waals surface area contributed by atoms with E-state index in [4.69, 9.17) is 4.74 Å². The van der Waals surface area contributed by atoms with Crippen molar-refractivity contribution in [2.75, 3.05) is 39.6 Å². The van der Waals surface area contributed by atoms with E-state index in [1.54, 1.807) is 0 Å². The van der Waals surface area contributed by atoms with Crippen molar-refractivity contribution in [3.05, 3.63) is 0 Å². The molecule has 140 valence electrons. The molecule has 5 nitrogen and oxygen atoms in total. The number of hydrogen-bond acceptors (Lipinski definition) is 4. The van der Waals surface area contributed by atoms with Gasteiger partial charge >= 0.3 is 0 Å². The minimum Gasteiger partial charge on any atom is -0.381 e. The maximum absolute atomic E-state index is 5.53. The molecule has 0 aromatic rings. The lowest BCUT2D eigenvalue weighted by molar-refractivity contribution is 0.0782. The van der Waals surface area contributed by atoms with Crippen LogP contribution in [0.3, 0.4) is 0 Å². The van der Waals surface area contributed by atoms with Crippen LogP contribution in [0.5, 0.6) is 0 Å². The quantitative estimate of drug-likeness (QED) is 0.369. The first-order valence-electron chi connectivity index (χ1n) is 9.01. The van der Waals surface area contributed by atoms with Crippen LogP contribution in [0.4, 0.5) is 0 Å². The molecule has 1 saturated carbocycles. The zero-order chi connectivity index (χ0) is 16.3. The van der Waals surface area contributed by atoms with Gasteiger partial charge in [-0.3, -0.25) is 9.89 Å². The number of halogens is 1. The van der Waals surface area contributed by atoms with Gasteiger partial charge < -0.3 is 15.4 Å². The molecule has 7 heteroatoms. The standard InChI is InChI=1S/C17H32N4OS.HI/c1-13-10-14(11-21(13)15-4-5-15)20-16(18-2)19-12-17(23-3)6-8-22-9-7-17;/h13-15H,4-12H2,1-3H3,(H2,18,19,20);1H. The lowest BCUT2D eigenvalue weighted by atomic mass is 9.99. The molecule has 2 atom stereocenters. The minimum absolute atomic E-state index is 0. The largest absolute Gasteiger partial charge is 0.381 e. The molecule has 0 amide bonds. The predicted octanol–water partition coefficient (Wildman–Crippen LogP) is 2.31. The third-order valence-electron chi connectivity index (χ3n) is 5.62. The second-order valence-electron chi connectivity index (χ2n) is 7.28. The van der Waals surface area contributed by atoms with E-state index >= 15 is 0 Å². The summed E-state index contributed by atoms with van der Waals surface area (Å²) >= 11 is 1.97. The Morgan fingerprint density at radius 3 is 2.62 bits per heavy atom. The highest BCUT2D eigenvalue weighted by atomic mass is 127. The second kappa shape index (κ2) is 9.28. The van der Waals surface area contributed by atoms with Crippen LogP contribution in [-0.4, -0.2) is 73.3 Å². The Balaban J connectivity index is 0.00000208. The Hall–Kier alpha value is 0.270. The molecule has 0 aromatic heterocycles. The lowest BCUT2D eigenvalue weighted by Crippen LogP contribution is -2.50. The topological polar surface area (TPSA) is 48.9 Å². The van der Waals surface area contributed by atoms with Gasteiger partial charge in [0.2, 0.25) is 0 Å². The summed E-state index contributed by atoms with van der Waals surface area (Å²) in [4.78, 5) is 7.12. The SMILES string of the molecule is CN=C(NCC1(SC)CCOCC1)NC1CC(C)N(C2CC2)C1.I. The number of ether oxygens (including phenoxy) is 1. The summed E-state index contributed by atoms with van der Waals surface area (Å²) in [5.74, 6) is 0.958. The van der Waals surface area contributed by atoms with Crippen LogP contribution in [0, 0.1) is 0 Å². The van der Waals surface area contributed by atoms with Crippen molar-refractivity contribution in [1.82, 2.24) is 15.5 Å². The Kier molecular flexibility index (Phi) is 7.96. The molecule has 1 aliphatic carbocycles. The first-order valence-corrected chi connectivity index (χ1v) is 10.2. The molecular formula is C17H33IN4OS. The number of likely N-dealkylation sites (tertiary alicyclic amines) is 1. The fourth-order valence-corrected chi connectivity index (χ4v) is 4.70. The van der Waals surface area contributed by atoms with Gasteiger partial charge in [-0.25, -0.2) is 0 Å². The monoisotopic (exact) mass is 468 g/mol. The van der Waals surface area contributed by atoms with Gasteiger partial charge in [-0.2, -0.15) is 11.8 Å². The van der Waals surface area contributed by atoms with Crippen molar-refractivity contribution in [2.45, 2.75) is 61.9 Å². The van der Waals surface area contributed by atoms with Gasteiger partial charge in [-0.1, -0.05) is 0 Å². The average Bonchev–Trinajstić information content (AvgIpc) is 3.36. The normalized spacial score (nSPS) is 30.7. The molecule has 24 heavy (non-hydrogen) atoms. The van der Waals surface area contributed by atoms with Gasteiger partial charge in [0.05, 0.1) is 0 Å². The van der Waals surface area contributed by atoms with Gasteiger partial charge in [0, 0.05) is 56.2 Å². The summed E-state index contributed by atoms with van der Waals surface area (Å²) in [6, 6.07) is 2.08. The molecule has 0 radical (unpaired) electrons. The zero-order valence-electron chi connectivity index (χ0n) is 15.2. The predicted molar refractivity (Wildman–Crippen MR) is 114 cm³/mol. The summed E-state index contributed by atoms with van der Waals surface area (Å²) in [5.41, 5.74) is 0. The number of hydrogen-bond donors (Lipinski definition) is 2. The van der Waals surface area contributed by atoms with Gasteiger partial charge in [0.1, 0.15) is 0 Å². The molecule has 3 rings (SSSR count). The zero-order valence-corrected chi connectivity index (χ0v) is 18.4. The molecule has 0 bridgehead atoms. The highest BCUT2D eigenvalue weighted by molar-refractivity contribution is 14.0. The molecule has 3 aliphatic rings. The van der Waals surface area contributed by atoms with Crippen LogP contribution in [0.2, 0.25) is 0 Å². The van der Waals surface area contributed by atoms with Crippen LogP contribution in [0.15, 0.2) is 4.99 Å². The summed E-state index contributed by atoms with van der Waals surface area (Å²) in [6.07, 6.45) is 8.46. The van der Waals surface area contributed by atoms with Crippen LogP contribution < -0.4 is 10.6 Å². The number of thioether (sulfide) groups is 1. The van der Waals surface area contributed by atoms with Crippen LogP contribution in [-0.2, 0) is 4.74 Å².